The molecule has 0 bridgehead atoms. The van der Waals surface area contributed by atoms with Crippen LogP contribution in [0.15, 0.2) is 60.9 Å². The summed E-state index contributed by atoms with van der Waals surface area (Å²) in [6.45, 7) is 4.26. The number of carbonyl (C=O) groups excluding carboxylic acids is 1. The van der Waals surface area contributed by atoms with E-state index in [2.05, 4.69) is 20.5 Å². The monoisotopic (exact) mass is 606 g/mol. The van der Waals surface area contributed by atoms with E-state index in [0.29, 0.717) is 25.7 Å². The molecule has 0 spiro atoms. The predicted octanol–water partition coefficient (Wildman–Crippen LogP) is 8.00. The Labute approximate surface area is 241 Å². The first-order valence-corrected chi connectivity index (χ1v) is 13.1. The lowest BCUT2D eigenvalue weighted by Gasteiger charge is -2.12. The molecule has 0 aliphatic carbocycles. The molecule has 40 heavy (non-hydrogen) atoms. The predicted molar refractivity (Wildman–Crippen MR) is 148 cm³/mol. The van der Waals surface area contributed by atoms with Crippen LogP contribution >= 0.6 is 34.8 Å². The Morgan fingerprint density at radius 2 is 1.75 bits per heavy atom. The summed E-state index contributed by atoms with van der Waals surface area (Å²) in [6.07, 6.45) is -2.24. The van der Waals surface area contributed by atoms with Crippen molar-refractivity contribution in [1.29, 1.82) is 0 Å². The molecule has 5 aromatic rings. The van der Waals surface area contributed by atoms with Crippen molar-refractivity contribution in [1.82, 2.24) is 24.4 Å². The Morgan fingerprint density at radius 3 is 2.40 bits per heavy atom. The fourth-order valence-electron chi connectivity index (χ4n) is 4.07. The van der Waals surface area contributed by atoms with Crippen molar-refractivity contribution in [2.24, 2.45) is 0 Å². The second-order valence-electron chi connectivity index (χ2n) is 9.31. The minimum atomic E-state index is -4.75. The molecule has 206 valence electrons. The minimum absolute atomic E-state index is 0.00702. The van der Waals surface area contributed by atoms with Gasteiger partial charge in [-0.15, -0.1) is 0 Å². The van der Waals surface area contributed by atoms with Gasteiger partial charge in [-0.25, -0.2) is 9.50 Å². The molecule has 0 fully saturated rings. The molecule has 0 unspecified atom stereocenters. The number of fused-ring (bicyclic) bond motifs is 1. The zero-order valence-electron chi connectivity index (χ0n) is 21.0. The van der Waals surface area contributed by atoms with E-state index >= 15 is 0 Å². The van der Waals surface area contributed by atoms with Crippen LogP contribution in [0, 0.1) is 0 Å². The van der Waals surface area contributed by atoms with E-state index in [1.54, 1.807) is 30.3 Å². The van der Waals surface area contributed by atoms with Crippen LogP contribution in [0.4, 0.5) is 19.0 Å². The van der Waals surface area contributed by atoms with E-state index in [-0.39, 0.29) is 40.2 Å². The number of alkyl halides is 3. The van der Waals surface area contributed by atoms with E-state index < -0.39 is 17.8 Å². The highest BCUT2D eigenvalue weighted by Crippen LogP contribution is 2.33. The zero-order valence-corrected chi connectivity index (χ0v) is 23.2. The van der Waals surface area contributed by atoms with E-state index in [4.69, 9.17) is 34.8 Å². The molecule has 0 aliphatic heterocycles. The summed E-state index contributed by atoms with van der Waals surface area (Å²) in [5.74, 6) is -0.522. The number of rotatable bonds is 6. The van der Waals surface area contributed by atoms with Crippen LogP contribution in [0.2, 0.25) is 15.1 Å². The maximum atomic E-state index is 14.0. The van der Waals surface area contributed by atoms with E-state index in [0.717, 1.165) is 17.8 Å². The van der Waals surface area contributed by atoms with Crippen LogP contribution in [0.25, 0.3) is 16.9 Å². The molecule has 5 rings (SSSR count). The lowest BCUT2D eigenvalue weighted by atomic mass is 10.0. The SMILES string of the molecule is CC(C)c1ccc(-c2cc(C(F)(F)F)n3ncc(C(=O)Nc4nn(Cc5ccc(Cl)cc5Cl)cc4Cl)c3n2)cc1. The standard InChI is InChI=1S/C27H20Cl3F3N6O/c1-14(2)15-3-5-16(6-4-15)22-10-23(27(31,32)33)39-25(35-22)19(11-34-39)26(40)36-24-21(30)13-38(37-24)12-17-7-8-18(28)9-20(17)29/h3-11,13-14H,12H2,1-2H3,(H,36,37,40). The molecular formula is C27H20Cl3F3N6O. The summed E-state index contributed by atoms with van der Waals surface area (Å²) in [4.78, 5) is 17.6. The van der Waals surface area contributed by atoms with Crippen molar-refractivity contribution in [2.75, 3.05) is 5.32 Å². The van der Waals surface area contributed by atoms with Gasteiger partial charge in [-0.05, 0) is 35.2 Å². The fraction of sp³-hybridized carbons (Fsp3) is 0.185. The minimum Gasteiger partial charge on any atom is -0.304 e. The van der Waals surface area contributed by atoms with Gasteiger partial charge in [0.15, 0.2) is 17.2 Å². The Morgan fingerprint density at radius 1 is 1.02 bits per heavy atom. The molecule has 0 saturated heterocycles. The largest absolute Gasteiger partial charge is 0.433 e. The van der Waals surface area contributed by atoms with Gasteiger partial charge in [-0.1, -0.05) is 79.0 Å². The number of halogens is 6. The lowest BCUT2D eigenvalue weighted by Crippen LogP contribution is -2.16. The highest BCUT2D eigenvalue weighted by Gasteiger charge is 2.36. The van der Waals surface area contributed by atoms with Crippen LogP contribution in [-0.2, 0) is 12.7 Å². The molecular weight excluding hydrogens is 588 g/mol. The lowest BCUT2D eigenvalue weighted by molar-refractivity contribution is -0.142. The average molecular weight is 608 g/mol. The quantitative estimate of drug-likeness (QED) is 0.212. The first kappa shape index (κ1) is 27.9. The zero-order chi connectivity index (χ0) is 28.8. The maximum absolute atomic E-state index is 14.0. The third kappa shape index (κ3) is 5.65. The molecule has 1 amide bonds. The number of hydrogen-bond acceptors (Lipinski definition) is 4. The van der Waals surface area contributed by atoms with Gasteiger partial charge in [-0.3, -0.25) is 9.48 Å². The van der Waals surface area contributed by atoms with E-state index in [1.165, 1.54) is 10.9 Å². The summed E-state index contributed by atoms with van der Waals surface area (Å²) in [5.41, 5.74) is 0.737. The fourth-order valence-corrected chi connectivity index (χ4v) is 4.74. The molecule has 0 saturated carbocycles. The Bertz CT molecular complexity index is 1730. The van der Waals surface area contributed by atoms with Gasteiger partial charge in [0, 0.05) is 21.8 Å². The average Bonchev–Trinajstić information content (AvgIpc) is 3.47. The molecule has 7 nitrogen and oxygen atoms in total. The Hall–Kier alpha value is -3.60. The molecule has 13 heteroatoms. The third-order valence-corrected chi connectivity index (χ3v) is 7.04. The first-order valence-electron chi connectivity index (χ1n) is 11.9. The molecule has 0 radical (unpaired) electrons. The first-order chi connectivity index (χ1) is 18.9. The van der Waals surface area contributed by atoms with Gasteiger partial charge in [0.1, 0.15) is 10.6 Å². The van der Waals surface area contributed by atoms with Crippen LogP contribution in [-0.4, -0.2) is 30.3 Å². The van der Waals surface area contributed by atoms with Crippen LogP contribution in [0.5, 0.6) is 0 Å². The summed E-state index contributed by atoms with van der Waals surface area (Å²) in [5, 5.41) is 11.6. The van der Waals surface area contributed by atoms with Gasteiger partial charge in [-0.2, -0.15) is 23.4 Å². The smallest absolute Gasteiger partial charge is 0.304 e. The Balaban J connectivity index is 1.48. The summed E-state index contributed by atoms with van der Waals surface area (Å²) < 4.78 is 44.0. The molecule has 3 aromatic heterocycles. The maximum Gasteiger partial charge on any atom is 0.433 e. The topological polar surface area (TPSA) is 77.1 Å². The van der Waals surface area contributed by atoms with Crippen LogP contribution in [0.1, 0.15) is 46.9 Å². The van der Waals surface area contributed by atoms with Crippen molar-refractivity contribution < 1.29 is 18.0 Å². The summed E-state index contributed by atoms with van der Waals surface area (Å²) >= 11 is 18.5. The summed E-state index contributed by atoms with van der Waals surface area (Å²) in [7, 11) is 0. The normalized spacial score (nSPS) is 11.9. The number of benzene rings is 2. The molecule has 2 aromatic carbocycles. The van der Waals surface area contributed by atoms with Gasteiger partial charge >= 0.3 is 6.18 Å². The van der Waals surface area contributed by atoms with E-state index in [1.807, 2.05) is 26.0 Å². The molecule has 3 heterocycles. The Kier molecular flexibility index (Phi) is 7.52. The summed E-state index contributed by atoms with van der Waals surface area (Å²) in [6, 6.07) is 13.0. The van der Waals surface area contributed by atoms with Crippen molar-refractivity contribution >= 4 is 52.2 Å². The number of anilines is 1. The van der Waals surface area contributed by atoms with Crippen molar-refractivity contribution in [3.8, 4) is 11.3 Å². The van der Waals surface area contributed by atoms with Crippen LogP contribution < -0.4 is 5.32 Å². The second kappa shape index (κ2) is 10.8. The van der Waals surface area contributed by atoms with Gasteiger partial charge in [0.25, 0.3) is 5.91 Å². The van der Waals surface area contributed by atoms with E-state index in [9.17, 15) is 18.0 Å². The van der Waals surface area contributed by atoms with Crippen molar-refractivity contribution in [3.05, 3.63) is 98.4 Å². The van der Waals surface area contributed by atoms with Gasteiger partial charge in [0.2, 0.25) is 0 Å². The highest BCUT2D eigenvalue weighted by atomic mass is 35.5. The second-order valence-corrected chi connectivity index (χ2v) is 10.6. The number of nitrogens with one attached hydrogen (secondary N) is 1. The number of aromatic nitrogens is 5. The third-order valence-electron chi connectivity index (χ3n) is 6.18. The van der Waals surface area contributed by atoms with Crippen molar-refractivity contribution in [2.45, 2.75) is 32.5 Å². The number of carbonyl (C=O) groups is 1. The van der Waals surface area contributed by atoms with Crippen LogP contribution in [0.3, 0.4) is 0 Å². The molecule has 1 N–H and O–H groups in total. The van der Waals surface area contributed by atoms with Gasteiger partial charge < -0.3 is 5.32 Å². The van der Waals surface area contributed by atoms with Crippen molar-refractivity contribution in [3.63, 3.8) is 0 Å². The molecule has 0 aliphatic rings. The number of amides is 1. The highest BCUT2D eigenvalue weighted by molar-refractivity contribution is 6.35. The molecule has 0 atom stereocenters. The number of nitrogens with zero attached hydrogens (tertiary/aromatic N) is 5. The van der Waals surface area contributed by atoms with Gasteiger partial charge in [0.05, 0.1) is 18.4 Å². The number of hydrogen-bond donors (Lipinski definition) is 1.